The van der Waals surface area contributed by atoms with Gasteiger partial charge in [-0.1, -0.05) is 36.1 Å². The van der Waals surface area contributed by atoms with E-state index in [9.17, 15) is 9.59 Å². The van der Waals surface area contributed by atoms with Crippen LogP contribution in [0, 0.1) is 0 Å². The summed E-state index contributed by atoms with van der Waals surface area (Å²) in [5.41, 5.74) is 0.874. The Morgan fingerprint density at radius 3 is 2.85 bits per heavy atom. The van der Waals surface area contributed by atoms with Gasteiger partial charge in [0, 0.05) is 19.5 Å². The van der Waals surface area contributed by atoms with Crippen LogP contribution in [0.5, 0.6) is 5.75 Å². The molecule has 0 N–H and O–H groups in total. The number of thiocarbonyl (C=S) groups is 1. The summed E-state index contributed by atoms with van der Waals surface area (Å²) in [5, 5.41) is 0. The van der Waals surface area contributed by atoms with Gasteiger partial charge in [-0.25, -0.2) is 0 Å². The van der Waals surface area contributed by atoms with Crippen molar-refractivity contribution >= 4 is 46.3 Å². The predicted octanol–water partition coefficient (Wildman–Crippen LogP) is 2.78. The van der Waals surface area contributed by atoms with E-state index < -0.39 is 0 Å². The highest BCUT2D eigenvalue weighted by Gasteiger charge is 2.31. The molecule has 0 aliphatic carbocycles. The normalized spacial score (nSPS) is 15.7. The molecule has 27 heavy (non-hydrogen) atoms. The Morgan fingerprint density at radius 2 is 2.15 bits per heavy atom. The summed E-state index contributed by atoms with van der Waals surface area (Å²) in [6, 6.07) is 7.47. The minimum Gasteiger partial charge on any atom is -0.497 e. The highest BCUT2D eigenvalue weighted by Crippen LogP contribution is 2.33. The van der Waals surface area contributed by atoms with Gasteiger partial charge in [-0.15, -0.1) is 0 Å². The number of rotatable bonds is 9. The van der Waals surface area contributed by atoms with Crippen LogP contribution in [-0.2, 0) is 14.3 Å². The molecule has 1 fully saturated rings. The molecule has 1 amide bonds. The van der Waals surface area contributed by atoms with E-state index in [1.807, 2.05) is 43.3 Å². The Bertz CT molecular complexity index is 734. The van der Waals surface area contributed by atoms with Crippen LogP contribution in [0.2, 0.25) is 0 Å². The topological polar surface area (TPSA) is 59.1 Å². The molecule has 0 bridgehead atoms. The van der Waals surface area contributed by atoms with Gasteiger partial charge in [-0.05, 0) is 44.3 Å². The van der Waals surface area contributed by atoms with Crippen molar-refractivity contribution in [2.45, 2.75) is 12.8 Å². The second kappa shape index (κ2) is 10.4. The second-order valence-electron chi connectivity index (χ2n) is 6.24. The summed E-state index contributed by atoms with van der Waals surface area (Å²) in [6.07, 6.45) is 2.58. The van der Waals surface area contributed by atoms with Crippen LogP contribution in [0.1, 0.15) is 18.4 Å². The Morgan fingerprint density at radius 1 is 1.37 bits per heavy atom. The molecule has 1 aliphatic heterocycles. The number of hydrogen-bond acceptors (Lipinski definition) is 7. The van der Waals surface area contributed by atoms with Gasteiger partial charge < -0.3 is 14.4 Å². The van der Waals surface area contributed by atoms with Crippen molar-refractivity contribution in [3.63, 3.8) is 0 Å². The fourth-order valence-electron chi connectivity index (χ4n) is 2.37. The van der Waals surface area contributed by atoms with Crippen molar-refractivity contribution in [2.75, 3.05) is 40.9 Å². The van der Waals surface area contributed by atoms with E-state index in [1.165, 1.54) is 11.8 Å². The third kappa shape index (κ3) is 6.64. The number of carbonyl (C=O) groups excluding carboxylic acids is 2. The third-order valence-corrected chi connectivity index (χ3v) is 5.21. The molecule has 146 valence electrons. The lowest BCUT2D eigenvalue weighted by molar-refractivity contribution is -0.144. The number of ether oxygens (including phenoxy) is 2. The fraction of sp³-hybridized carbons (Fsp3) is 0.421. The first-order valence-corrected chi connectivity index (χ1v) is 9.83. The van der Waals surface area contributed by atoms with Crippen LogP contribution >= 0.6 is 24.0 Å². The summed E-state index contributed by atoms with van der Waals surface area (Å²) in [7, 11) is 5.44. The van der Waals surface area contributed by atoms with Gasteiger partial charge in [0.1, 0.15) is 16.7 Å². The lowest BCUT2D eigenvalue weighted by atomic mass is 10.2. The molecule has 6 nitrogen and oxygen atoms in total. The minimum atomic E-state index is -0.255. The zero-order valence-electron chi connectivity index (χ0n) is 15.8. The Kier molecular flexibility index (Phi) is 8.27. The smallest absolute Gasteiger partial charge is 0.305 e. The lowest BCUT2D eigenvalue weighted by Gasteiger charge is -2.14. The maximum absolute atomic E-state index is 12.6. The van der Waals surface area contributed by atoms with Crippen LogP contribution in [0.3, 0.4) is 0 Å². The first-order chi connectivity index (χ1) is 12.9. The summed E-state index contributed by atoms with van der Waals surface area (Å²) in [5.74, 6) is 0.343. The van der Waals surface area contributed by atoms with E-state index in [1.54, 1.807) is 18.1 Å². The van der Waals surface area contributed by atoms with Crippen LogP contribution in [-0.4, -0.2) is 66.9 Å². The van der Waals surface area contributed by atoms with E-state index >= 15 is 0 Å². The lowest BCUT2D eigenvalue weighted by Crippen LogP contribution is -2.29. The molecule has 0 aromatic heterocycles. The van der Waals surface area contributed by atoms with Crippen molar-refractivity contribution in [1.29, 1.82) is 0 Å². The number of carbonyl (C=O) groups is 2. The molecular weight excluding hydrogens is 384 g/mol. The second-order valence-corrected chi connectivity index (χ2v) is 7.91. The van der Waals surface area contributed by atoms with Crippen molar-refractivity contribution in [3.8, 4) is 5.75 Å². The minimum absolute atomic E-state index is 0.131. The number of benzene rings is 1. The Hall–Kier alpha value is -1.90. The standard InChI is InChI=1S/C19H24N2O4S2/c1-20(2)10-11-25-17(22)8-5-9-21-18(23)16(27-19(21)26)13-14-6-4-7-15(12-14)24-3/h4,6-7,12-13H,5,8-11H2,1-3H3/b16-13-. The highest BCUT2D eigenvalue weighted by molar-refractivity contribution is 8.26. The van der Waals surface area contributed by atoms with Gasteiger partial charge in [0.15, 0.2) is 0 Å². The zero-order valence-corrected chi connectivity index (χ0v) is 17.4. The Balaban J connectivity index is 1.86. The molecule has 0 radical (unpaired) electrons. The van der Waals surface area contributed by atoms with Crippen molar-refractivity contribution in [2.24, 2.45) is 0 Å². The maximum Gasteiger partial charge on any atom is 0.305 e. The van der Waals surface area contributed by atoms with Crippen molar-refractivity contribution in [3.05, 3.63) is 34.7 Å². The number of hydrogen-bond donors (Lipinski definition) is 0. The van der Waals surface area contributed by atoms with Gasteiger partial charge in [-0.3, -0.25) is 14.5 Å². The molecule has 0 spiro atoms. The third-order valence-electron chi connectivity index (χ3n) is 3.83. The predicted molar refractivity (Wildman–Crippen MR) is 112 cm³/mol. The number of esters is 1. The molecule has 1 saturated heterocycles. The Labute approximate surface area is 169 Å². The maximum atomic E-state index is 12.6. The first kappa shape index (κ1) is 21.4. The summed E-state index contributed by atoms with van der Waals surface area (Å²) < 4.78 is 10.9. The van der Waals surface area contributed by atoms with E-state index in [2.05, 4.69) is 0 Å². The average molecular weight is 409 g/mol. The van der Waals surface area contributed by atoms with E-state index in [0.717, 1.165) is 11.3 Å². The SMILES string of the molecule is COc1cccc(/C=C2\SC(=S)N(CCCC(=O)OCCN(C)C)C2=O)c1. The van der Waals surface area contributed by atoms with E-state index in [0.29, 0.717) is 35.3 Å². The van der Waals surface area contributed by atoms with Crippen molar-refractivity contribution < 1.29 is 19.1 Å². The fourth-order valence-corrected chi connectivity index (χ4v) is 3.68. The molecule has 1 aromatic carbocycles. The first-order valence-electron chi connectivity index (χ1n) is 8.60. The molecule has 1 aliphatic rings. The molecular formula is C19H24N2O4S2. The van der Waals surface area contributed by atoms with Crippen LogP contribution < -0.4 is 4.74 Å². The van der Waals surface area contributed by atoms with Gasteiger partial charge >= 0.3 is 5.97 Å². The van der Waals surface area contributed by atoms with Crippen LogP contribution in [0.25, 0.3) is 6.08 Å². The van der Waals surface area contributed by atoms with E-state index in [4.69, 9.17) is 21.7 Å². The van der Waals surface area contributed by atoms with Gasteiger partial charge in [0.25, 0.3) is 5.91 Å². The molecule has 2 rings (SSSR count). The van der Waals surface area contributed by atoms with Crippen molar-refractivity contribution in [1.82, 2.24) is 9.80 Å². The van der Waals surface area contributed by atoms with Gasteiger partial charge in [-0.2, -0.15) is 0 Å². The van der Waals surface area contributed by atoms with Crippen LogP contribution in [0.4, 0.5) is 0 Å². The number of methoxy groups -OCH3 is 1. The summed E-state index contributed by atoms with van der Waals surface area (Å²) >= 11 is 6.59. The number of nitrogens with zero attached hydrogens (tertiary/aromatic N) is 2. The van der Waals surface area contributed by atoms with Gasteiger partial charge in [0.05, 0.1) is 12.0 Å². The number of amides is 1. The zero-order chi connectivity index (χ0) is 19.8. The van der Waals surface area contributed by atoms with E-state index in [-0.39, 0.29) is 18.3 Å². The molecule has 0 unspecified atom stereocenters. The molecule has 1 aromatic rings. The monoisotopic (exact) mass is 408 g/mol. The number of thioether (sulfide) groups is 1. The highest BCUT2D eigenvalue weighted by atomic mass is 32.2. The quantitative estimate of drug-likeness (QED) is 0.354. The molecule has 0 saturated carbocycles. The summed E-state index contributed by atoms with van der Waals surface area (Å²) in [6.45, 7) is 1.47. The van der Waals surface area contributed by atoms with Gasteiger partial charge in [0.2, 0.25) is 0 Å². The molecule has 1 heterocycles. The largest absolute Gasteiger partial charge is 0.497 e. The average Bonchev–Trinajstić information content (AvgIpc) is 2.89. The summed E-state index contributed by atoms with van der Waals surface area (Å²) in [4.78, 5) is 28.4. The number of likely N-dealkylation sites (N-methyl/N-ethyl adjacent to an activating group) is 1. The molecule has 8 heteroatoms. The van der Waals surface area contributed by atoms with Crippen LogP contribution in [0.15, 0.2) is 29.2 Å². The molecule has 0 atom stereocenters.